The number of fused-ring (bicyclic) bond motifs is 1. The van der Waals surface area contributed by atoms with Crippen molar-refractivity contribution in [3.63, 3.8) is 0 Å². The van der Waals surface area contributed by atoms with Gasteiger partial charge in [0.2, 0.25) is 0 Å². The van der Waals surface area contributed by atoms with Gasteiger partial charge in [-0.05, 0) is 72.6 Å². The Balaban J connectivity index is 1.42. The first-order valence-corrected chi connectivity index (χ1v) is 14.1. The molecule has 1 aliphatic heterocycles. The summed E-state index contributed by atoms with van der Waals surface area (Å²) in [5.74, 6) is -1.30. The second kappa shape index (κ2) is 11.5. The summed E-state index contributed by atoms with van der Waals surface area (Å²) in [5, 5.41) is 11.6. The van der Waals surface area contributed by atoms with E-state index in [1.807, 2.05) is 43.3 Å². The van der Waals surface area contributed by atoms with Gasteiger partial charge in [-0.1, -0.05) is 53.8 Å². The van der Waals surface area contributed by atoms with Gasteiger partial charge in [0.25, 0.3) is 5.78 Å². The van der Waals surface area contributed by atoms with Crippen LogP contribution >= 0.6 is 11.3 Å². The third-order valence-corrected chi connectivity index (χ3v) is 7.89. The molecule has 1 N–H and O–H groups in total. The van der Waals surface area contributed by atoms with Crippen LogP contribution < -0.4 is 14.4 Å². The van der Waals surface area contributed by atoms with Gasteiger partial charge in [-0.25, -0.2) is 9.37 Å². The highest BCUT2D eigenvalue weighted by Crippen LogP contribution is 2.45. The van der Waals surface area contributed by atoms with Crippen LogP contribution in [0.4, 0.5) is 9.52 Å². The molecule has 9 heteroatoms. The summed E-state index contributed by atoms with van der Waals surface area (Å²) in [4.78, 5) is 33.0. The number of ether oxygens (including phenoxy) is 2. The second-order valence-corrected chi connectivity index (χ2v) is 10.6. The quantitative estimate of drug-likeness (QED) is 0.120. The Morgan fingerprint density at radius 2 is 1.64 bits per heavy atom. The Labute approximate surface area is 245 Å². The zero-order chi connectivity index (χ0) is 29.2. The van der Waals surface area contributed by atoms with Crippen LogP contribution in [-0.4, -0.2) is 28.4 Å². The van der Waals surface area contributed by atoms with E-state index in [1.54, 1.807) is 36.4 Å². The van der Waals surface area contributed by atoms with E-state index in [-0.39, 0.29) is 11.1 Å². The maximum Gasteiger partial charge on any atom is 0.301 e. The topological polar surface area (TPSA) is 89.0 Å². The van der Waals surface area contributed by atoms with Crippen molar-refractivity contribution in [1.82, 2.24) is 4.98 Å². The van der Waals surface area contributed by atoms with Crippen LogP contribution in [0.25, 0.3) is 16.0 Å². The standard InChI is InChI=1S/C33H25FN2O5S/c1-2-40-25-16-17-26-27(18-25)42-33(35-26)36-29(21-10-14-24(15-11-21)41-19-20-6-4-3-5-7-20)28(31(38)32(36)39)30(37)22-8-12-23(34)13-9-22/h3-18,29,37H,2,19H2,1H3/b30-28+. The van der Waals surface area contributed by atoms with Gasteiger partial charge < -0.3 is 14.6 Å². The number of hydrogen-bond donors (Lipinski definition) is 1. The van der Waals surface area contributed by atoms with Crippen molar-refractivity contribution in [1.29, 1.82) is 0 Å². The van der Waals surface area contributed by atoms with E-state index in [4.69, 9.17) is 9.47 Å². The Morgan fingerprint density at radius 1 is 0.929 bits per heavy atom. The predicted molar refractivity (Wildman–Crippen MR) is 159 cm³/mol. The number of thiazole rings is 1. The average molecular weight is 581 g/mol. The molecule has 0 bridgehead atoms. The van der Waals surface area contributed by atoms with Crippen molar-refractivity contribution >= 4 is 44.1 Å². The molecule has 2 heterocycles. The Hall–Kier alpha value is -5.02. The number of benzene rings is 4. The molecule has 0 saturated carbocycles. The van der Waals surface area contributed by atoms with Gasteiger partial charge in [-0.3, -0.25) is 14.5 Å². The first kappa shape index (κ1) is 27.2. The van der Waals surface area contributed by atoms with E-state index < -0.39 is 29.3 Å². The molecule has 5 aromatic rings. The number of amides is 1. The van der Waals surface area contributed by atoms with Crippen LogP contribution in [0.15, 0.2) is 103 Å². The van der Waals surface area contributed by atoms with E-state index in [9.17, 15) is 19.1 Å². The van der Waals surface area contributed by atoms with E-state index in [1.165, 1.54) is 40.5 Å². The third kappa shape index (κ3) is 5.22. The fourth-order valence-corrected chi connectivity index (χ4v) is 5.87. The van der Waals surface area contributed by atoms with E-state index in [0.29, 0.717) is 40.9 Å². The minimum Gasteiger partial charge on any atom is -0.507 e. The van der Waals surface area contributed by atoms with Crippen molar-refractivity contribution in [2.24, 2.45) is 0 Å². The molecule has 1 fully saturated rings. The average Bonchev–Trinajstić information content (AvgIpc) is 3.54. The summed E-state index contributed by atoms with van der Waals surface area (Å²) in [6.07, 6.45) is 0. The molecule has 1 amide bonds. The van der Waals surface area contributed by atoms with Gasteiger partial charge in [-0.2, -0.15) is 0 Å². The number of carbonyl (C=O) groups is 2. The lowest BCUT2D eigenvalue weighted by molar-refractivity contribution is -0.132. The van der Waals surface area contributed by atoms with Crippen molar-refractivity contribution in [2.45, 2.75) is 19.6 Å². The molecule has 1 aromatic heterocycles. The summed E-state index contributed by atoms with van der Waals surface area (Å²) in [6.45, 7) is 2.76. The number of hydrogen-bond acceptors (Lipinski definition) is 7. The van der Waals surface area contributed by atoms with Crippen LogP contribution in [0, 0.1) is 5.82 Å². The highest BCUT2D eigenvalue weighted by atomic mass is 32.1. The molecular formula is C33H25FN2O5S. The Bertz CT molecular complexity index is 1800. The molecule has 0 aliphatic carbocycles. The maximum absolute atomic E-state index is 13.6. The maximum atomic E-state index is 13.6. The molecule has 1 unspecified atom stereocenters. The van der Waals surface area contributed by atoms with Crippen molar-refractivity contribution < 1.29 is 28.6 Å². The summed E-state index contributed by atoms with van der Waals surface area (Å²) in [5.41, 5.74) is 2.32. The van der Waals surface area contributed by atoms with Crippen LogP contribution in [0.1, 0.15) is 29.7 Å². The number of anilines is 1. The number of rotatable bonds is 8. The van der Waals surface area contributed by atoms with Gasteiger partial charge >= 0.3 is 5.91 Å². The zero-order valence-corrected chi connectivity index (χ0v) is 23.3. The van der Waals surface area contributed by atoms with Gasteiger partial charge in [0, 0.05) is 5.56 Å². The number of aromatic nitrogens is 1. The van der Waals surface area contributed by atoms with Crippen molar-refractivity contribution in [3.8, 4) is 11.5 Å². The first-order valence-electron chi connectivity index (χ1n) is 13.3. The number of ketones is 1. The number of halogens is 1. The lowest BCUT2D eigenvalue weighted by Crippen LogP contribution is -2.29. The highest BCUT2D eigenvalue weighted by molar-refractivity contribution is 7.22. The van der Waals surface area contributed by atoms with Crippen LogP contribution in [0.2, 0.25) is 0 Å². The molecule has 7 nitrogen and oxygen atoms in total. The van der Waals surface area contributed by atoms with Crippen molar-refractivity contribution in [3.05, 3.63) is 125 Å². The highest BCUT2D eigenvalue weighted by Gasteiger charge is 2.48. The SMILES string of the molecule is CCOc1ccc2nc(N3C(=O)C(=O)/C(=C(/O)c4ccc(F)cc4)C3c3ccc(OCc4ccccc4)cc3)sc2c1. The number of aliphatic hydroxyl groups is 1. The fraction of sp³-hybridized carbons (Fsp3) is 0.121. The molecule has 4 aromatic carbocycles. The molecule has 1 atom stereocenters. The summed E-state index contributed by atoms with van der Waals surface area (Å²) >= 11 is 1.24. The Morgan fingerprint density at radius 3 is 2.36 bits per heavy atom. The number of nitrogens with zero attached hydrogens (tertiary/aromatic N) is 2. The van der Waals surface area contributed by atoms with Crippen LogP contribution in [0.3, 0.4) is 0 Å². The molecule has 42 heavy (non-hydrogen) atoms. The number of aliphatic hydroxyl groups excluding tert-OH is 1. The fourth-order valence-electron chi connectivity index (χ4n) is 4.85. The minimum absolute atomic E-state index is 0.112. The zero-order valence-electron chi connectivity index (χ0n) is 22.5. The lowest BCUT2D eigenvalue weighted by atomic mass is 9.95. The summed E-state index contributed by atoms with van der Waals surface area (Å²) in [7, 11) is 0. The van der Waals surface area contributed by atoms with Crippen LogP contribution in [-0.2, 0) is 16.2 Å². The first-order chi connectivity index (χ1) is 20.4. The summed E-state index contributed by atoms with van der Waals surface area (Å²) < 4.78 is 25.9. The molecule has 0 spiro atoms. The van der Waals surface area contributed by atoms with Gasteiger partial charge in [-0.15, -0.1) is 0 Å². The molecule has 1 saturated heterocycles. The molecular weight excluding hydrogens is 555 g/mol. The van der Waals surface area contributed by atoms with Crippen LogP contribution in [0.5, 0.6) is 11.5 Å². The lowest BCUT2D eigenvalue weighted by Gasteiger charge is -2.23. The van der Waals surface area contributed by atoms with Crippen molar-refractivity contribution in [2.75, 3.05) is 11.5 Å². The van der Waals surface area contributed by atoms with E-state index in [2.05, 4.69) is 4.98 Å². The smallest absolute Gasteiger partial charge is 0.301 e. The Kier molecular flexibility index (Phi) is 7.41. The molecule has 210 valence electrons. The monoisotopic (exact) mass is 580 g/mol. The van der Waals surface area contributed by atoms with Gasteiger partial charge in [0.05, 0.1) is 28.4 Å². The molecule has 6 rings (SSSR count). The molecule has 0 radical (unpaired) electrons. The van der Waals surface area contributed by atoms with Gasteiger partial charge in [0.1, 0.15) is 29.7 Å². The predicted octanol–water partition coefficient (Wildman–Crippen LogP) is 7.04. The third-order valence-electron chi connectivity index (χ3n) is 6.87. The largest absolute Gasteiger partial charge is 0.507 e. The summed E-state index contributed by atoms with van der Waals surface area (Å²) in [6, 6.07) is 26.3. The van der Waals surface area contributed by atoms with E-state index >= 15 is 0 Å². The number of carbonyl (C=O) groups excluding carboxylic acids is 2. The second-order valence-electron chi connectivity index (χ2n) is 9.58. The minimum atomic E-state index is -0.981. The van der Waals surface area contributed by atoms with Gasteiger partial charge in [0.15, 0.2) is 5.13 Å². The number of Topliss-reactive ketones (excluding diaryl/α,β-unsaturated/α-hetero) is 1. The molecule has 1 aliphatic rings. The van der Waals surface area contributed by atoms with E-state index in [0.717, 1.165) is 10.3 Å². The normalized spacial score (nSPS) is 16.2.